The zero-order chi connectivity index (χ0) is 11.5. The van der Waals surface area contributed by atoms with Crippen LogP contribution in [0.25, 0.3) is 0 Å². The number of aromatic nitrogens is 1. The molecule has 0 radical (unpaired) electrons. The Labute approximate surface area is 112 Å². The SMILES string of the molecule is Cc1c(Br)cncc1Sc1ccc(Cl)cc1. The van der Waals surface area contributed by atoms with Crippen molar-refractivity contribution in [1.82, 2.24) is 4.98 Å². The first-order chi connectivity index (χ1) is 7.66. The van der Waals surface area contributed by atoms with Crippen LogP contribution in [0.2, 0.25) is 5.02 Å². The van der Waals surface area contributed by atoms with E-state index in [1.807, 2.05) is 30.5 Å². The molecular formula is C12H9BrClNS. The van der Waals surface area contributed by atoms with Gasteiger partial charge in [-0.15, -0.1) is 0 Å². The van der Waals surface area contributed by atoms with Crippen molar-refractivity contribution in [2.24, 2.45) is 0 Å². The Balaban J connectivity index is 2.27. The predicted molar refractivity (Wildman–Crippen MR) is 72.2 cm³/mol. The summed E-state index contributed by atoms with van der Waals surface area (Å²) in [5, 5.41) is 0.758. The molecule has 4 heteroatoms. The van der Waals surface area contributed by atoms with Crippen LogP contribution >= 0.6 is 39.3 Å². The first kappa shape index (κ1) is 12.0. The summed E-state index contributed by atoms with van der Waals surface area (Å²) in [4.78, 5) is 6.47. The van der Waals surface area contributed by atoms with Gasteiger partial charge in [0.2, 0.25) is 0 Å². The molecule has 0 aliphatic rings. The normalized spacial score (nSPS) is 10.4. The maximum absolute atomic E-state index is 5.84. The number of hydrogen-bond acceptors (Lipinski definition) is 2. The van der Waals surface area contributed by atoms with Crippen LogP contribution in [0.3, 0.4) is 0 Å². The second-order valence-corrected chi connectivity index (χ2v) is 5.71. The predicted octanol–water partition coefficient (Wildman–Crippen LogP) is 4.96. The molecule has 0 spiro atoms. The van der Waals surface area contributed by atoms with Gasteiger partial charge in [0, 0.05) is 31.7 Å². The molecule has 16 heavy (non-hydrogen) atoms. The fraction of sp³-hybridized carbons (Fsp3) is 0.0833. The van der Waals surface area contributed by atoms with Gasteiger partial charge < -0.3 is 0 Å². The van der Waals surface area contributed by atoms with Crippen molar-refractivity contribution in [3.05, 3.63) is 51.7 Å². The second-order valence-electron chi connectivity index (χ2n) is 3.30. The van der Waals surface area contributed by atoms with Crippen LogP contribution in [-0.4, -0.2) is 4.98 Å². The van der Waals surface area contributed by atoms with Crippen LogP contribution in [0.5, 0.6) is 0 Å². The number of pyridine rings is 1. The van der Waals surface area contributed by atoms with E-state index < -0.39 is 0 Å². The summed E-state index contributed by atoms with van der Waals surface area (Å²) in [5.41, 5.74) is 1.20. The van der Waals surface area contributed by atoms with Crippen molar-refractivity contribution in [3.63, 3.8) is 0 Å². The summed E-state index contributed by atoms with van der Waals surface area (Å²) < 4.78 is 1.03. The van der Waals surface area contributed by atoms with E-state index in [1.165, 1.54) is 5.56 Å². The Morgan fingerprint density at radius 2 is 1.88 bits per heavy atom. The van der Waals surface area contributed by atoms with Gasteiger partial charge in [-0.1, -0.05) is 23.4 Å². The number of benzene rings is 1. The van der Waals surface area contributed by atoms with Gasteiger partial charge in [-0.2, -0.15) is 0 Å². The molecule has 82 valence electrons. The van der Waals surface area contributed by atoms with Gasteiger partial charge in [-0.3, -0.25) is 4.98 Å². The van der Waals surface area contributed by atoms with Gasteiger partial charge >= 0.3 is 0 Å². The molecule has 0 unspecified atom stereocenters. The Kier molecular flexibility index (Phi) is 3.90. The average Bonchev–Trinajstić information content (AvgIpc) is 2.28. The lowest BCUT2D eigenvalue weighted by Crippen LogP contribution is -1.84. The first-order valence-corrected chi connectivity index (χ1v) is 6.69. The topological polar surface area (TPSA) is 12.9 Å². The van der Waals surface area contributed by atoms with Crippen LogP contribution in [0, 0.1) is 6.92 Å². The van der Waals surface area contributed by atoms with E-state index in [0.717, 1.165) is 19.3 Å². The third-order valence-corrected chi connectivity index (χ3v) is 4.34. The zero-order valence-electron chi connectivity index (χ0n) is 8.58. The van der Waals surface area contributed by atoms with Gasteiger partial charge in [-0.25, -0.2) is 0 Å². The van der Waals surface area contributed by atoms with Gasteiger partial charge in [0.05, 0.1) is 0 Å². The maximum Gasteiger partial charge on any atom is 0.0413 e. The van der Waals surface area contributed by atoms with E-state index in [-0.39, 0.29) is 0 Å². The van der Waals surface area contributed by atoms with Crippen molar-refractivity contribution in [1.29, 1.82) is 0 Å². The molecule has 1 aromatic heterocycles. The lowest BCUT2D eigenvalue weighted by molar-refractivity contribution is 1.15. The van der Waals surface area contributed by atoms with Crippen molar-refractivity contribution >= 4 is 39.3 Å². The van der Waals surface area contributed by atoms with Gasteiger partial charge in [0.1, 0.15) is 0 Å². The maximum atomic E-state index is 5.84. The summed E-state index contributed by atoms with van der Waals surface area (Å²) in [6.07, 6.45) is 3.68. The quantitative estimate of drug-likeness (QED) is 0.777. The fourth-order valence-electron chi connectivity index (χ4n) is 1.21. The largest absolute Gasteiger partial charge is 0.262 e. The van der Waals surface area contributed by atoms with Gasteiger partial charge in [0.25, 0.3) is 0 Å². The molecular weight excluding hydrogens is 306 g/mol. The highest BCUT2D eigenvalue weighted by Crippen LogP contribution is 2.32. The molecule has 2 aromatic rings. The summed E-state index contributed by atoms with van der Waals surface area (Å²) in [6.45, 7) is 2.07. The summed E-state index contributed by atoms with van der Waals surface area (Å²) in [7, 11) is 0. The van der Waals surface area contributed by atoms with Gasteiger partial charge in [-0.05, 0) is 52.7 Å². The average molecular weight is 315 g/mol. The molecule has 0 atom stereocenters. The molecule has 0 aliphatic heterocycles. The molecule has 1 aromatic carbocycles. The number of halogens is 2. The second kappa shape index (κ2) is 5.21. The molecule has 0 saturated heterocycles. The molecule has 1 nitrogen and oxygen atoms in total. The first-order valence-electron chi connectivity index (χ1n) is 4.70. The third-order valence-electron chi connectivity index (χ3n) is 2.15. The molecule has 1 heterocycles. The molecule has 0 saturated carbocycles. The minimum absolute atomic E-state index is 0.758. The summed E-state index contributed by atoms with van der Waals surface area (Å²) in [5.74, 6) is 0. The van der Waals surface area contributed by atoms with Crippen LogP contribution in [0.1, 0.15) is 5.56 Å². The van der Waals surface area contributed by atoms with E-state index in [0.29, 0.717) is 0 Å². The van der Waals surface area contributed by atoms with Crippen molar-refractivity contribution in [2.45, 2.75) is 16.7 Å². The van der Waals surface area contributed by atoms with Crippen LogP contribution in [0.15, 0.2) is 50.9 Å². The highest BCUT2D eigenvalue weighted by atomic mass is 79.9. The van der Waals surface area contributed by atoms with Crippen molar-refractivity contribution in [2.75, 3.05) is 0 Å². The summed E-state index contributed by atoms with van der Waals surface area (Å²) in [6, 6.07) is 7.80. The zero-order valence-corrected chi connectivity index (χ0v) is 11.7. The smallest absolute Gasteiger partial charge is 0.0413 e. The lowest BCUT2D eigenvalue weighted by atomic mass is 10.3. The van der Waals surface area contributed by atoms with Gasteiger partial charge in [0.15, 0.2) is 0 Å². The highest BCUT2D eigenvalue weighted by molar-refractivity contribution is 9.10. The lowest BCUT2D eigenvalue weighted by Gasteiger charge is -2.06. The fourth-order valence-corrected chi connectivity index (χ4v) is 2.71. The minimum atomic E-state index is 0.758. The Hall–Kier alpha value is -0.510. The molecule has 0 fully saturated rings. The van der Waals surface area contributed by atoms with E-state index in [9.17, 15) is 0 Å². The van der Waals surface area contributed by atoms with E-state index in [2.05, 4.69) is 27.8 Å². The van der Waals surface area contributed by atoms with Crippen molar-refractivity contribution in [3.8, 4) is 0 Å². The monoisotopic (exact) mass is 313 g/mol. The van der Waals surface area contributed by atoms with Crippen LogP contribution < -0.4 is 0 Å². The number of nitrogens with zero attached hydrogens (tertiary/aromatic N) is 1. The Morgan fingerprint density at radius 1 is 1.19 bits per heavy atom. The highest BCUT2D eigenvalue weighted by Gasteiger charge is 2.04. The molecule has 0 N–H and O–H groups in total. The molecule has 2 rings (SSSR count). The molecule has 0 amide bonds. The molecule has 0 aliphatic carbocycles. The van der Waals surface area contributed by atoms with Crippen molar-refractivity contribution < 1.29 is 0 Å². The standard InChI is InChI=1S/C12H9BrClNS/c1-8-11(13)6-15-7-12(8)16-10-4-2-9(14)3-5-10/h2-7H,1H3. The third kappa shape index (κ3) is 2.78. The minimum Gasteiger partial charge on any atom is -0.262 e. The number of rotatable bonds is 2. The Morgan fingerprint density at radius 3 is 2.56 bits per heavy atom. The van der Waals surface area contributed by atoms with Crippen LogP contribution in [-0.2, 0) is 0 Å². The molecule has 0 bridgehead atoms. The van der Waals surface area contributed by atoms with Crippen LogP contribution in [0.4, 0.5) is 0 Å². The number of hydrogen-bond donors (Lipinski definition) is 0. The van der Waals surface area contributed by atoms with E-state index in [1.54, 1.807) is 18.0 Å². The Bertz CT molecular complexity index is 499. The summed E-state index contributed by atoms with van der Waals surface area (Å²) >= 11 is 11.0. The van der Waals surface area contributed by atoms with E-state index >= 15 is 0 Å². The van der Waals surface area contributed by atoms with E-state index in [4.69, 9.17) is 11.6 Å².